The first-order chi connectivity index (χ1) is 12.9. The van der Waals surface area contributed by atoms with Gasteiger partial charge in [0, 0.05) is 36.4 Å². The molecule has 0 atom stereocenters. The van der Waals surface area contributed by atoms with Crippen LogP contribution in [0.15, 0.2) is 53.0 Å². The lowest BCUT2D eigenvalue weighted by molar-refractivity contribution is -0.130. The highest BCUT2D eigenvalue weighted by atomic mass is 79.9. The minimum Gasteiger partial charge on any atom is -0.350 e. The number of benzene rings is 2. The second kappa shape index (κ2) is 8.35. The minimum absolute atomic E-state index is 0.0641. The highest BCUT2D eigenvalue weighted by Gasteiger charge is 2.14. The number of amides is 2. The number of halogens is 2. The molecule has 0 radical (unpaired) electrons. The summed E-state index contributed by atoms with van der Waals surface area (Å²) in [5, 5.41) is 3.04. The number of fused-ring (bicyclic) bond motifs is 1. The number of aromatic nitrogens is 1. The van der Waals surface area contributed by atoms with E-state index in [-0.39, 0.29) is 30.5 Å². The fourth-order valence-electron chi connectivity index (χ4n) is 2.80. The van der Waals surface area contributed by atoms with Crippen molar-refractivity contribution >= 4 is 38.6 Å². The second-order valence-corrected chi connectivity index (χ2v) is 7.19. The Hall–Kier alpha value is -2.67. The van der Waals surface area contributed by atoms with Gasteiger partial charge in [0.25, 0.3) is 5.91 Å². The summed E-state index contributed by atoms with van der Waals surface area (Å²) in [7, 11) is 1.73. The van der Waals surface area contributed by atoms with Gasteiger partial charge < -0.3 is 15.2 Å². The SMILES string of the molecule is CN(Cc1ccccc1)C(=O)CCNC(=O)c1cc2c(F)cc(Br)cc2[nH]1. The summed E-state index contributed by atoms with van der Waals surface area (Å²) in [5.74, 6) is -0.849. The fourth-order valence-corrected chi connectivity index (χ4v) is 3.23. The van der Waals surface area contributed by atoms with Crippen molar-refractivity contribution < 1.29 is 14.0 Å². The standard InChI is InChI=1S/C20H19BrFN3O2/c1-25(12-13-5-3-2-4-6-13)19(26)7-8-23-20(27)18-11-15-16(22)9-14(21)10-17(15)24-18/h2-6,9-11,24H,7-8,12H2,1H3,(H,23,27). The summed E-state index contributed by atoms with van der Waals surface area (Å²) < 4.78 is 14.5. The van der Waals surface area contributed by atoms with Gasteiger partial charge in [-0.3, -0.25) is 9.59 Å². The van der Waals surface area contributed by atoms with Crippen LogP contribution in [0, 0.1) is 5.82 Å². The summed E-state index contributed by atoms with van der Waals surface area (Å²) in [5.41, 5.74) is 1.83. The van der Waals surface area contributed by atoms with Crippen molar-refractivity contribution in [3.8, 4) is 0 Å². The Labute approximate surface area is 164 Å². The first-order valence-electron chi connectivity index (χ1n) is 8.48. The predicted molar refractivity (Wildman–Crippen MR) is 106 cm³/mol. The van der Waals surface area contributed by atoms with E-state index in [1.54, 1.807) is 18.0 Å². The molecule has 0 bridgehead atoms. The molecule has 0 aliphatic carbocycles. The molecule has 0 unspecified atom stereocenters. The molecule has 2 N–H and O–H groups in total. The van der Waals surface area contributed by atoms with E-state index in [1.165, 1.54) is 12.1 Å². The van der Waals surface area contributed by atoms with Gasteiger partial charge in [-0.1, -0.05) is 46.3 Å². The van der Waals surface area contributed by atoms with Crippen LogP contribution in [-0.4, -0.2) is 35.3 Å². The predicted octanol–water partition coefficient (Wildman–Crippen LogP) is 3.85. The van der Waals surface area contributed by atoms with E-state index >= 15 is 0 Å². The first kappa shape index (κ1) is 19.1. The molecular formula is C20H19BrFN3O2. The van der Waals surface area contributed by atoms with Crippen molar-refractivity contribution in [3.63, 3.8) is 0 Å². The molecule has 0 aliphatic rings. The summed E-state index contributed by atoms with van der Waals surface area (Å²) in [6.07, 6.45) is 0.190. The zero-order valence-corrected chi connectivity index (χ0v) is 16.3. The van der Waals surface area contributed by atoms with Crippen molar-refractivity contribution in [2.45, 2.75) is 13.0 Å². The summed E-state index contributed by atoms with van der Waals surface area (Å²) in [4.78, 5) is 29.0. The van der Waals surface area contributed by atoms with E-state index in [4.69, 9.17) is 0 Å². The monoisotopic (exact) mass is 431 g/mol. The third-order valence-electron chi connectivity index (χ3n) is 4.21. The minimum atomic E-state index is -0.410. The van der Waals surface area contributed by atoms with Gasteiger partial charge in [0.1, 0.15) is 11.5 Å². The zero-order chi connectivity index (χ0) is 19.4. The van der Waals surface area contributed by atoms with Crippen LogP contribution in [-0.2, 0) is 11.3 Å². The summed E-state index contributed by atoms with van der Waals surface area (Å²) in [6.45, 7) is 0.724. The lowest BCUT2D eigenvalue weighted by Crippen LogP contribution is -2.32. The lowest BCUT2D eigenvalue weighted by Gasteiger charge is -2.17. The number of hydrogen-bond donors (Lipinski definition) is 2. The highest BCUT2D eigenvalue weighted by Crippen LogP contribution is 2.23. The van der Waals surface area contributed by atoms with Gasteiger partial charge in [-0.2, -0.15) is 0 Å². The molecule has 3 aromatic rings. The molecule has 7 heteroatoms. The van der Waals surface area contributed by atoms with Crippen LogP contribution in [0.25, 0.3) is 10.9 Å². The molecular weight excluding hydrogens is 413 g/mol. The smallest absolute Gasteiger partial charge is 0.267 e. The maximum atomic E-state index is 13.9. The van der Waals surface area contributed by atoms with Crippen molar-refractivity contribution in [2.24, 2.45) is 0 Å². The third kappa shape index (κ3) is 4.74. The molecule has 2 amide bonds. The molecule has 0 saturated carbocycles. The topological polar surface area (TPSA) is 65.2 Å². The number of carbonyl (C=O) groups excluding carboxylic acids is 2. The molecule has 27 heavy (non-hydrogen) atoms. The van der Waals surface area contributed by atoms with E-state index < -0.39 is 5.82 Å². The number of nitrogens with zero attached hydrogens (tertiary/aromatic N) is 1. The van der Waals surface area contributed by atoms with Crippen LogP contribution in [0.4, 0.5) is 4.39 Å². The van der Waals surface area contributed by atoms with Gasteiger partial charge in [0.15, 0.2) is 0 Å². The number of hydrogen-bond acceptors (Lipinski definition) is 2. The van der Waals surface area contributed by atoms with Crippen LogP contribution < -0.4 is 5.32 Å². The van der Waals surface area contributed by atoms with Crippen molar-refractivity contribution in [1.82, 2.24) is 15.2 Å². The van der Waals surface area contributed by atoms with Crippen LogP contribution in [0.3, 0.4) is 0 Å². The maximum Gasteiger partial charge on any atom is 0.267 e. The van der Waals surface area contributed by atoms with Crippen LogP contribution >= 0.6 is 15.9 Å². The van der Waals surface area contributed by atoms with Crippen molar-refractivity contribution in [3.05, 3.63) is 70.1 Å². The molecule has 3 rings (SSSR count). The Morgan fingerprint density at radius 2 is 1.93 bits per heavy atom. The number of carbonyl (C=O) groups is 2. The summed E-state index contributed by atoms with van der Waals surface area (Å²) >= 11 is 3.22. The molecule has 0 saturated heterocycles. The molecule has 2 aromatic carbocycles. The molecule has 1 heterocycles. The lowest BCUT2D eigenvalue weighted by atomic mass is 10.2. The Kier molecular flexibility index (Phi) is 5.91. The Balaban J connectivity index is 1.53. The van der Waals surface area contributed by atoms with E-state index in [9.17, 15) is 14.0 Å². The quantitative estimate of drug-likeness (QED) is 0.622. The third-order valence-corrected chi connectivity index (χ3v) is 4.67. The number of rotatable bonds is 6. The van der Waals surface area contributed by atoms with E-state index in [2.05, 4.69) is 26.2 Å². The van der Waals surface area contributed by atoms with Crippen LogP contribution in [0.2, 0.25) is 0 Å². The molecule has 0 fully saturated rings. The average Bonchev–Trinajstić information content (AvgIpc) is 3.06. The first-order valence-corrected chi connectivity index (χ1v) is 9.27. The molecule has 140 valence electrons. The van der Waals surface area contributed by atoms with Gasteiger partial charge in [0.05, 0.1) is 5.52 Å². The number of aromatic amines is 1. The fraction of sp³-hybridized carbons (Fsp3) is 0.200. The van der Waals surface area contributed by atoms with Gasteiger partial charge in [-0.25, -0.2) is 4.39 Å². The Morgan fingerprint density at radius 1 is 1.19 bits per heavy atom. The Morgan fingerprint density at radius 3 is 2.67 bits per heavy atom. The van der Waals surface area contributed by atoms with Gasteiger partial charge in [0.2, 0.25) is 5.91 Å². The van der Waals surface area contributed by atoms with Crippen LogP contribution in [0.1, 0.15) is 22.5 Å². The molecule has 1 aromatic heterocycles. The van der Waals surface area contributed by atoms with E-state index in [1.807, 2.05) is 30.3 Å². The highest BCUT2D eigenvalue weighted by molar-refractivity contribution is 9.10. The number of H-pyrrole nitrogens is 1. The maximum absolute atomic E-state index is 13.9. The molecule has 0 aliphatic heterocycles. The van der Waals surface area contributed by atoms with Gasteiger partial charge in [-0.05, 0) is 23.8 Å². The zero-order valence-electron chi connectivity index (χ0n) is 14.8. The molecule has 5 nitrogen and oxygen atoms in total. The summed E-state index contributed by atoms with van der Waals surface area (Å²) in [6, 6.07) is 14.2. The molecule has 0 spiro atoms. The largest absolute Gasteiger partial charge is 0.350 e. The van der Waals surface area contributed by atoms with Crippen molar-refractivity contribution in [1.29, 1.82) is 0 Å². The number of nitrogens with one attached hydrogen (secondary N) is 2. The second-order valence-electron chi connectivity index (χ2n) is 6.27. The van der Waals surface area contributed by atoms with Crippen LogP contribution in [0.5, 0.6) is 0 Å². The average molecular weight is 432 g/mol. The van der Waals surface area contributed by atoms with Crippen molar-refractivity contribution in [2.75, 3.05) is 13.6 Å². The van der Waals surface area contributed by atoms with E-state index in [0.29, 0.717) is 21.9 Å². The van der Waals surface area contributed by atoms with E-state index in [0.717, 1.165) is 5.56 Å². The van der Waals surface area contributed by atoms with Gasteiger partial charge in [-0.15, -0.1) is 0 Å². The Bertz CT molecular complexity index is 972. The van der Waals surface area contributed by atoms with Gasteiger partial charge >= 0.3 is 0 Å². The normalized spacial score (nSPS) is 10.8.